The SMILES string of the molecule is O=C(Nc1sc2c(c1S(=O)(=O)c1ccccc1)CCCC2)c1ccc([N+](=O)[O-])cc1. The normalized spacial score (nSPS) is 13.5. The van der Waals surface area contributed by atoms with Crippen molar-refractivity contribution in [2.45, 2.75) is 35.5 Å². The molecule has 0 fully saturated rings. The van der Waals surface area contributed by atoms with Crippen molar-refractivity contribution >= 4 is 37.8 Å². The summed E-state index contributed by atoms with van der Waals surface area (Å²) in [4.78, 5) is 24.4. The van der Waals surface area contributed by atoms with Crippen LogP contribution in [0, 0.1) is 10.1 Å². The fourth-order valence-electron chi connectivity index (χ4n) is 3.53. The number of fused-ring (bicyclic) bond motifs is 1. The molecular formula is C21H18N2O5S2. The monoisotopic (exact) mass is 442 g/mol. The molecule has 0 radical (unpaired) electrons. The largest absolute Gasteiger partial charge is 0.312 e. The van der Waals surface area contributed by atoms with Crippen molar-refractivity contribution in [3.63, 3.8) is 0 Å². The molecule has 0 bridgehead atoms. The number of benzene rings is 2. The van der Waals surface area contributed by atoms with Crippen LogP contribution in [-0.4, -0.2) is 19.2 Å². The Labute approximate surface area is 177 Å². The van der Waals surface area contributed by atoms with Crippen molar-refractivity contribution in [1.82, 2.24) is 0 Å². The van der Waals surface area contributed by atoms with Crippen molar-refractivity contribution in [3.8, 4) is 0 Å². The van der Waals surface area contributed by atoms with Gasteiger partial charge < -0.3 is 5.32 Å². The molecule has 0 aliphatic heterocycles. The third kappa shape index (κ3) is 3.73. The highest BCUT2D eigenvalue weighted by Crippen LogP contribution is 2.43. The number of anilines is 1. The Morgan fingerprint density at radius 1 is 1.00 bits per heavy atom. The topological polar surface area (TPSA) is 106 Å². The van der Waals surface area contributed by atoms with Crippen molar-refractivity contribution in [1.29, 1.82) is 0 Å². The van der Waals surface area contributed by atoms with Gasteiger partial charge in [0.15, 0.2) is 0 Å². The van der Waals surface area contributed by atoms with Crippen molar-refractivity contribution in [3.05, 3.63) is 80.7 Å². The van der Waals surface area contributed by atoms with E-state index in [0.717, 1.165) is 29.7 Å². The van der Waals surface area contributed by atoms with Crippen LogP contribution in [0.15, 0.2) is 64.4 Å². The summed E-state index contributed by atoms with van der Waals surface area (Å²) in [5, 5.41) is 13.9. The summed E-state index contributed by atoms with van der Waals surface area (Å²) >= 11 is 1.30. The second-order valence-corrected chi connectivity index (χ2v) is 9.94. The van der Waals surface area contributed by atoms with Crippen LogP contribution in [0.3, 0.4) is 0 Å². The van der Waals surface area contributed by atoms with Crippen LogP contribution in [0.5, 0.6) is 0 Å². The Morgan fingerprint density at radius 3 is 2.33 bits per heavy atom. The summed E-state index contributed by atoms with van der Waals surface area (Å²) in [5.41, 5.74) is 0.884. The number of nitro groups is 1. The zero-order valence-electron chi connectivity index (χ0n) is 15.8. The van der Waals surface area contributed by atoms with Gasteiger partial charge in [0.05, 0.1) is 9.82 Å². The number of amides is 1. The van der Waals surface area contributed by atoms with Gasteiger partial charge in [-0.3, -0.25) is 14.9 Å². The van der Waals surface area contributed by atoms with Gasteiger partial charge in [-0.15, -0.1) is 11.3 Å². The highest BCUT2D eigenvalue weighted by Gasteiger charge is 2.31. The van der Waals surface area contributed by atoms with E-state index >= 15 is 0 Å². The van der Waals surface area contributed by atoms with E-state index in [9.17, 15) is 23.3 Å². The van der Waals surface area contributed by atoms with Crippen LogP contribution >= 0.6 is 11.3 Å². The molecule has 0 atom stereocenters. The highest BCUT2D eigenvalue weighted by atomic mass is 32.2. The van der Waals surface area contributed by atoms with E-state index < -0.39 is 20.7 Å². The molecule has 0 unspecified atom stereocenters. The van der Waals surface area contributed by atoms with E-state index in [4.69, 9.17) is 0 Å². The fourth-order valence-corrected chi connectivity index (χ4v) is 6.83. The summed E-state index contributed by atoms with van der Waals surface area (Å²) in [6, 6.07) is 13.4. The molecule has 9 heteroatoms. The molecule has 0 spiro atoms. The first-order valence-electron chi connectivity index (χ1n) is 9.38. The third-order valence-electron chi connectivity index (χ3n) is 5.01. The maximum Gasteiger partial charge on any atom is 0.269 e. The van der Waals surface area contributed by atoms with Crippen molar-refractivity contribution < 1.29 is 18.1 Å². The average Bonchev–Trinajstić information content (AvgIpc) is 3.13. The Hall–Kier alpha value is -3.04. The summed E-state index contributed by atoms with van der Waals surface area (Å²) in [7, 11) is -3.81. The van der Waals surface area contributed by atoms with Gasteiger partial charge in [0.1, 0.15) is 9.90 Å². The van der Waals surface area contributed by atoms with Crippen molar-refractivity contribution in [2.75, 3.05) is 5.32 Å². The van der Waals surface area contributed by atoms with Gasteiger partial charge in [0.2, 0.25) is 9.84 Å². The first-order chi connectivity index (χ1) is 14.4. The average molecular weight is 443 g/mol. The Bertz CT molecular complexity index is 1220. The molecule has 30 heavy (non-hydrogen) atoms. The summed E-state index contributed by atoms with van der Waals surface area (Å²) < 4.78 is 26.8. The molecule has 0 saturated heterocycles. The molecule has 4 rings (SSSR count). The van der Waals surface area contributed by atoms with Gasteiger partial charge >= 0.3 is 0 Å². The number of nitro benzene ring substituents is 1. The lowest BCUT2D eigenvalue weighted by Crippen LogP contribution is -2.14. The summed E-state index contributed by atoms with van der Waals surface area (Å²) in [5.74, 6) is -0.506. The van der Waals surface area contributed by atoms with E-state index in [-0.39, 0.29) is 21.0 Å². The number of non-ortho nitro benzene ring substituents is 1. The number of aryl methyl sites for hydroxylation is 1. The molecule has 154 valence electrons. The molecular weight excluding hydrogens is 424 g/mol. The number of hydrogen-bond donors (Lipinski definition) is 1. The van der Waals surface area contributed by atoms with E-state index in [1.807, 2.05) is 0 Å². The van der Waals surface area contributed by atoms with Gasteiger partial charge in [-0.2, -0.15) is 0 Å². The zero-order valence-corrected chi connectivity index (χ0v) is 17.5. The predicted octanol–water partition coefficient (Wildman–Crippen LogP) is 4.62. The van der Waals surface area contributed by atoms with E-state index in [2.05, 4.69) is 5.32 Å². The first-order valence-corrected chi connectivity index (χ1v) is 11.7. The van der Waals surface area contributed by atoms with Gasteiger partial charge in [-0.25, -0.2) is 8.42 Å². The molecule has 1 amide bonds. The smallest absolute Gasteiger partial charge is 0.269 e. The standard InChI is InChI=1S/C21H18N2O5S2/c24-20(14-10-12-15(13-11-14)23(25)26)22-21-19(17-8-4-5-9-18(17)29-21)30(27,28)16-6-2-1-3-7-16/h1-3,6-7,10-13H,4-5,8-9H2,(H,22,24). The molecule has 3 aromatic rings. The van der Waals surface area contributed by atoms with Gasteiger partial charge in [-0.1, -0.05) is 18.2 Å². The van der Waals surface area contributed by atoms with Crippen LogP contribution in [0.2, 0.25) is 0 Å². The quantitative estimate of drug-likeness (QED) is 0.458. The second-order valence-electron chi connectivity index (χ2n) is 6.94. The van der Waals surface area contributed by atoms with Gasteiger partial charge in [0, 0.05) is 22.6 Å². The van der Waals surface area contributed by atoms with Gasteiger partial charge in [-0.05, 0) is 55.5 Å². The Kier molecular flexibility index (Phi) is 5.40. The molecule has 1 aliphatic carbocycles. The van der Waals surface area contributed by atoms with Crippen LogP contribution in [0.1, 0.15) is 33.6 Å². The third-order valence-corrected chi connectivity index (χ3v) is 8.23. The van der Waals surface area contributed by atoms with E-state index in [0.29, 0.717) is 11.4 Å². The van der Waals surface area contributed by atoms with Crippen molar-refractivity contribution in [2.24, 2.45) is 0 Å². The minimum Gasteiger partial charge on any atom is -0.312 e. The molecule has 7 nitrogen and oxygen atoms in total. The minimum atomic E-state index is -3.81. The number of carbonyl (C=O) groups is 1. The molecule has 1 aromatic heterocycles. The number of nitrogens with one attached hydrogen (secondary N) is 1. The molecule has 1 heterocycles. The molecule has 1 aliphatic rings. The lowest BCUT2D eigenvalue weighted by Gasteiger charge is -2.13. The highest BCUT2D eigenvalue weighted by molar-refractivity contribution is 7.92. The number of rotatable bonds is 5. The lowest BCUT2D eigenvalue weighted by atomic mass is 9.99. The summed E-state index contributed by atoms with van der Waals surface area (Å²) in [6.45, 7) is 0. The van der Waals surface area contributed by atoms with Gasteiger partial charge in [0.25, 0.3) is 11.6 Å². The number of nitrogens with zero attached hydrogens (tertiary/aromatic N) is 1. The fraction of sp³-hybridized carbons (Fsp3) is 0.190. The maximum absolute atomic E-state index is 13.4. The van der Waals surface area contributed by atoms with Crippen LogP contribution in [0.4, 0.5) is 10.7 Å². The zero-order chi connectivity index (χ0) is 21.3. The Morgan fingerprint density at radius 2 is 1.67 bits per heavy atom. The Balaban J connectivity index is 1.74. The van der Waals surface area contributed by atoms with Crippen LogP contribution in [0.25, 0.3) is 0 Å². The minimum absolute atomic E-state index is 0.120. The summed E-state index contributed by atoms with van der Waals surface area (Å²) in [6.07, 6.45) is 3.32. The lowest BCUT2D eigenvalue weighted by molar-refractivity contribution is -0.384. The maximum atomic E-state index is 13.4. The van der Waals surface area contributed by atoms with E-state index in [1.54, 1.807) is 30.3 Å². The van der Waals surface area contributed by atoms with Crippen LogP contribution < -0.4 is 5.32 Å². The predicted molar refractivity (Wildman–Crippen MR) is 114 cm³/mol. The molecule has 1 N–H and O–H groups in total. The van der Waals surface area contributed by atoms with Crippen LogP contribution in [-0.2, 0) is 22.7 Å². The molecule has 0 saturated carbocycles. The number of hydrogen-bond acceptors (Lipinski definition) is 6. The van der Waals surface area contributed by atoms with E-state index in [1.165, 1.54) is 35.6 Å². The first kappa shape index (κ1) is 20.2. The molecule has 2 aromatic carbocycles. The second kappa shape index (κ2) is 8.00. The number of thiophene rings is 1. The number of sulfone groups is 1. The number of carbonyl (C=O) groups excluding carboxylic acids is 1.